The van der Waals surface area contributed by atoms with Gasteiger partial charge in [0.25, 0.3) is 0 Å². The van der Waals surface area contributed by atoms with Gasteiger partial charge in [-0.2, -0.15) is 0 Å². The van der Waals surface area contributed by atoms with Crippen molar-refractivity contribution in [1.29, 1.82) is 0 Å². The van der Waals surface area contributed by atoms with Crippen LogP contribution in [0.2, 0.25) is 4.13 Å². The molecule has 112 valence electrons. The average Bonchev–Trinajstić information content (AvgIpc) is 2.31. The standard InChI is InChI=1S/2C6H12O2.C2H5.Bi/c2*1-2-3-4-5-6(7)8;1-2;/h2*2-5H2,1H3,(H,7,8);1H2,2H3;/q;;;+2/p-2. The Labute approximate surface area is 132 Å². The Morgan fingerprint density at radius 2 is 1.05 bits per heavy atom. The number of unbranched alkanes of at least 4 members (excludes halogenated alkanes) is 4. The maximum atomic E-state index is 9.76. The van der Waals surface area contributed by atoms with E-state index in [9.17, 15) is 19.8 Å². The zero-order valence-corrected chi connectivity index (χ0v) is 15.9. The molecule has 0 rings (SSSR count). The van der Waals surface area contributed by atoms with Gasteiger partial charge in [0.05, 0.1) is 0 Å². The van der Waals surface area contributed by atoms with E-state index in [1.165, 1.54) is 28.8 Å². The molecule has 0 aliphatic rings. The van der Waals surface area contributed by atoms with Gasteiger partial charge in [-0.05, 0) is 25.7 Å². The predicted molar refractivity (Wildman–Crippen MR) is 74.5 cm³/mol. The molecule has 0 spiro atoms. The van der Waals surface area contributed by atoms with E-state index in [4.69, 9.17) is 0 Å². The van der Waals surface area contributed by atoms with E-state index in [1.807, 2.05) is 13.8 Å². The fourth-order valence-electron chi connectivity index (χ4n) is 1.04. The summed E-state index contributed by atoms with van der Waals surface area (Å²) in [5.41, 5.74) is 0. The van der Waals surface area contributed by atoms with Gasteiger partial charge in [-0.25, -0.2) is 0 Å². The number of rotatable bonds is 8. The summed E-state index contributed by atoms with van der Waals surface area (Å²) in [7, 11) is 0. The number of hydrogen-bond acceptors (Lipinski definition) is 4. The quantitative estimate of drug-likeness (QED) is 0.397. The van der Waals surface area contributed by atoms with E-state index < -0.39 is 11.9 Å². The third kappa shape index (κ3) is 46.2. The van der Waals surface area contributed by atoms with Crippen molar-refractivity contribution in [3.63, 3.8) is 0 Å². The van der Waals surface area contributed by atoms with Crippen molar-refractivity contribution < 1.29 is 19.8 Å². The Bertz CT molecular complexity index is 176. The SMILES string of the molecule is CCCCCC(=O)[O-].CCCCCC(=O)[O-].C[CH2][Bi+2]. The van der Waals surface area contributed by atoms with Gasteiger partial charge in [-0.3, -0.25) is 0 Å². The second-order valence-corrected chi connectivity index (χ2v) is 6.43. The van der Waals surface area contributed by atoms with Crippen LogP contribution >= 0.6 is 0 Å². The van der Waals surface area contributed by atoms with Crippen molar-refractivity contribution in [2.75, 3.05) is 0 Å². The molecular formula is C14H27BiO4. The molecule has 0 aromatic heterocycles. The summed E-state index contributed by atoms with van der Waals surface area (Å²) in [4.78, 5) is 19.5. The van der Waals surface area contributed by atoms with E-state index in [0.717, 1.165) is 38.5 Å². The molecule has 0 saturated heterocycles. The van der Waals surface area contributed by atoms with Crippen molar-refractivity contribution in [3.8, 4) is 0 Å². The number of carbonyl (C=O) groups is 2. The first-order valence-electron chi connectivity index (χ1n) is 6.96. The summed E-state index contributed by atoms with van der Waals surface area (Å²) in [5, 5.41) is 19.5. The molecule has 0 bridgehead atoms. The first-order valence-corrected chi connectivity index (χ1v) is 9.42. The number of carboxylic acid groups (broad SMARTS) is 2. The van der Waals surface area contributed by atoms with Gasteiger partial charge in [0.1, 0.15) is 0 Å². The zero-order chi connectivity index (χ0) is 15.5. The predicted octanol–water partition coefficient (Wildman–Crippen LogP) is 1.23. The summed E-state index contributed by atoms with van der Waals surface area (Å²) in [5.74, 6) is -1.86. The molecule has 0 heterocycles. The van der Waals surface area contributed by atoms with Gasteiger partial charge in [0, 0.05) is 11.9 Å². The molecule has 4 nitrogen and oxygen atoms in total. The average molecular weight is 468 g/mol. The van der Waals surface area contributed by atoms with Crippen molar-refractivity contribution in [2.45, 2.75) is 76.3 Å². The summed E-state index contributed by atoms with van der Waals surface area (Å²) in [6.07, 6.45) is 6.07. The van der Waals surface area contributed by atoms with Gasteiger partial charge in [-0.1, -0.05) is 39.5 Å². The van der Waals surface area contributed by atoms with Crippen LogP contribution in [0.25, 0.3) is 0 Å². The molecule has 0 saturated carbocycles. The van der Waals surface area contributed by atoms with E-state index in [1.54, 1.807) is 0 Å². The molecular weight excluding hydrogens is 441 g/mol. The van der Waals surface area contributed by atoms with Crippen molar-refractivity contribution >= 4 is 36.7 Å². The second-order valence-electron chi connectivity index (χ2n) is 3.97. The Morgan fingerprint density at radius 3 is 1.21 bits per heavy atom. The molecule has 0 aromatic rings. The van der Waals surface area contributed by atoms with Crippen LogP contribution in [0.4, 0.5) is 0 Å². The van der Waals surface area contributed by atoms with Crippen LogP contribution in [0.3, 0.4) is 0 Å². The molecule has 0 unspecified atom stereocenters. The monoisotopic (exact) mass is 468 g/mol. The maximum absolute atomic E-state index is 9.76. The first kappa shape index (κ1) is 23.9. The number of hydrogen-bond donors (Lipinski definition) is 0. The van der Waals surface area contributed by atoms with E-state index >= 15 is 0 Å². The summed E-state index contributed by atoms with van der Waals surface area (Å²) in [6.45, 7) is 6.25. The molecule has 5 heteroatoms. The van der Waals surface area contributed by atoms with Crippen LogP contribution in [0.5, 0.6) is 0 Å². The fraction of sp³-hybridized carbons (Fsp3) is 0.857. The molecule has 2 radical (unpaired) electrons. The molecule has 0 aliphatic heterocycles. The Hall–Kier alpha value is -0.177. The topological polar surface area (TPSA) is 80.3 Å². The summed E-state index contributed by atoms with van der Waals surface area (Å²) < 4.78 is 1.36. The number of carbonyl (C=O) groups excluding carboxylic acids is 2. The van der Waals surface area contributed by atoms with Crippen molar-refractivity contribution in [2.24, 2.45) is 0 Å². The zero-order valence-electron chi connectivity index (χ0n) is 12.4. The Kier molecular flexibility index (Phi) is 28.9. The van der Waals surface area contributed by atoms with E-state index in [0.29, 0.717) is 0 Å². The van der Waals surface area contributed by atoms with Crippen molar-refractivity contribution in [1.82, 2.24) is 0 Å². The minimum atomic E-state index is -0.932. The third-order valence-electron chi connectivity index (χ3n) is 1.97. The molecule has 0 fully saturated rings. The van der Waals surface area contributed by atoms with Gasteiger partial charge < -0.3 is 19.8 Å². The minimum absolute atomic E-state index is 0.216. The van der Waals surface area contributed by atoms with Crippen LogP contribution in [0, 0.1) is 0 Å². The van der Waals surface area contributed by atoms with Crippen molar-refractivity contribution in [3.05, 3.63) is 0 Å². The Balaban J connectivity index is -0.000000224. The Morgan fingerprint density at radius 1 is 0.789 bits per heavy atom. The van der Waals surface area contributed by atoms with Crippen LogP contribution in [0.15, 0.2) is 0 Å². The van der Waals surface area contributed by atoms with Gasteiger partial charge >= 0.3 is 35.8 Å². The van der Waals surface area contributed by atoms with Crippen LogP contribution < -0.4 is 10.2 Å². The normalized spacial score (nSPS) is 8.58. The fourth-order valence-corrected chi connectivity index (χ4v) is 1.04. The molecule has 0 aromatic carbocycles. The first-order chi connectivity index (χ1) is 8.95. The summed E-state index contributed by atoms with van der Waals surface area (Å²) in [6, 6.07) is 0. The number of aliphatic carboxylic acids is 2. The van der Waals surface area contributed by atoms with Crippen LogP contribution in [0.1, 0.15) is 72.1 Å². The van der Waals surface area contributed by atoms with Gasteiger partial charge in [-0.15, -0.1) is 0 Å². The van der Waals surface area contributed by atoms with E-state index in [-0.39, 0.29) is 12.8 Å². The molecule has 0 amide bonds. The summed E-state index contributed by atoms with van der Waals surface area (Å²) >= 11 is 1.52. The second kappa shape index (κ2) is 23.0. The molecule has 0 atom stereocenters. The molecule has 0 N–H and O–H groups in total. The molecule has 19 heavy (non-hydrogen) atoms. The van der Waals surface area contributed by atoms with Gasteiger partial charge in [0.15, 0.2) is 0 Å². The third-order valence-corrected chi connectivity index (χ3v) is 1.97. The van der Waals surface area contributed by atoms with Gasteiger partial charge in [0.2, 0.25) is 0 Å². The van der Waals surface area contributed by atoms with E-state index in [2.05, 4.69) is 6.92 Å². The van der Waals surface area contributed by atoms with Crippen LogP contribution in [-0.2, 0) is 9.59 Å². The molecule has 0 aliphatic carbocycles. The number of carboxylic acids is 2. The van der Waals surface area contributed by atoms with Crippen LogP contribution in [-0.4, -0.2) is 36.7 Å².